The van der Waals surface area contributed by atoms with Crippen molar-refractivity contribution < 1.29 is 9.21 Å². The van der Waals surface area contributed by atoms with Crippen LogP contribution >= 0.6 is 11.8 Å². The lowest BCUT2D eigenvalue weighted by atomic mass is 10.3. The van der Waals surface area contributed by atoms with Crippen molar-refractivity contribution in [1.29, 1.82) is 0 Å². The van der Waals surface area contributed by atoms with Gasteiger partial charge < -0.3 is 15.9 Å². The second-order valence-electron chi connectivity index (χ2n) is 3.27. The van der Waals surface area contributed by atoms with Crippen molar-refractivity contribution in [3.05, 3.63) is 24.3 Å². The highest BCUT2D eigenvalue weighted by molar-refractivity contribution is 7.99. The van der Waals surface area contributed by atoms with Gasteiger partial charge in [0.15, 0.2) is 5.58 Å². The number of hydrogen-bond acceptors (Lipinski definition) is 5. The molecule has 0 aliphatic rings. The predicted octanol–water partition coefficient (Wildman–Crippen LogP) is 0.732. The summed E-state index contributed by atoms with van der Waals surface area (Å²) in [4.78, 5) is 15.0. The number of carbonyl (C=O) groups excluding carboxylic acids is 1. The largest absolute Gasteiger partial charge is 0.431 e. The zero-order valence-electron chi connectivity index (χ0n) is 8.42. The second kappa shape index (κ2) is 4.54. The fourth-order valence-corrected chi connectivity index (χ4v) is 1.95. The summed E-state index contributed by atoms with van der Waals surface area (Å²) in [5, 5.41) is 0.498. The number of benzene rings is 1. The molecule has 5 nitrogen and oxygen atoms in total. The van der Waals surface area contributed by atoms with Crippen LogP contribution in [0, 0.1) is 0 Å². The number of rotatable bonds is 4. The lowest BCUT2D eigenvalue weighted by molar-refractivity contribution is -0.118. The molecule has 0 saturated carbocycles. The molecule has 0 fully saturated rings. The summed E-state index contributed by atoms with van der Waals surface area (Å²) < 4.78 is 5.44. The predicted molar refractivity (Wildman–Crippen MR) is 61.9 cm³/mol. The first-order valence-corrected chi connectivity index (χ1v) is 5.68. The number of aromatic nitrogens is 1. The van der Waals surface area contributed by atoms with Gasteiger partial charge in [-0.25, -0.2) is 4.98 Å². The zero-order valence-corrected chi connectivity index (χ0v) is 9.24. The average molecular weight is 237 g/mol. The third-order valence-electron chi connectivity index (χ3n) is 2.03. The van der Waals surface area contributed by atoms with Crippen LogP contribution in [0.2, 0.25) is 0 Å². The number of nitrogens with two attached hydrogens (primary N) is 2. The number of thioether (sulfide) groups is 1. The summed E-state index contributed by atoms with van der Waals surface area (Å²) in [5.74, 6) is -0.161. The Bertz CT molecular complexity index is 478. The highest BCUT2D eigenvalue weighted by atomic mass is 32.2. The van der Waals surface area contributed by atoms with Gasteiger partial charge in [-0.2, -0.15) is 0 Å². The van der Waals surface area contributed by atoms with E-state index in [2.05, 4.69) is 4.98 Å². The number of fused-ring (bicyclic) bond motifs is 1. The maximum atomic E-state index is 10.7. The van der Waals surface area contributed by atoms with E-state index in [0.29, 0.717) is 11.0 Å². The van der Waals surface area contributed by atoms with Crippen LogP contribution in [0.5, 0.6) is 0 Å². The first-order chi connectivity index (χ1) is 7.66. The fourth-order valence-electron chi connectivity index (χ4n) is 1.16. The minimum absolute atomic E-state index is 0.363. The Hall–Kier alpha value is -1.53. The Morgan fingerprint density at radius 1 is 1.50 bits per heavy atom. The van der Waals surface area contributed by atoms with Gasteiger partial charge >= 0.3 is 0 Å². The van der Waals surface area contributed by atoms with Crippen molar-refractivity contribution in [3.63, 3.8) is 0 Å². The molecule has 1 amide bonds. The summed E-state index contributed by atoms with van der Waals surface area (Å²) in [6.07, 6.45) is 0. The molecule has 4 N–H and O–H groups in total. The molecular formula is C10H11N3O2S. The van der Waals surface area contributed by atoms with Crippen molar-refractivity contribution in [2.24, 2.45) is 11.5 Å². The van der Waals surface area contributed by atoms with Crippen LogP contribution < -0.4 is 11.5 Å². The molecular weight excluding hydrogens is 226 g/mol. The van der Waals surface area contributed by atoms with Crippen LogP contribution in [-0.4, -0.2) is 22.7 Å². The van der Waals surface area contributed by atoms with Gasteiger partial charge in [0, 0.05) is 5.75 Å². The highest BCUT2D eigenvalue weighted by Gasteiger charge is 2.12. The Labute approximate surface area is 96.2 Å². The third-order valence-corrected chi connectivity index (χ3v) is 2.97. The van der Waals surface area contributed by atoms with Gasteiger partial charge in [0.25, 0.3) is 5.22 Å². The minimum Gasteiger partial charge on any atom is -0.431 e. The third kappa shape index (κ3) is 2.34. The molecule has 1 aromatic carbocycles. The van der Waals surface area contributed by atoms with Crippen LogP contribution in [0.3, 0.4) is 0 Å². The second-order valence-corrected chi connectivity index (χ2v) is 4.24. The molecule has 16 heavy (non-hydrogen) atoms. The minimum atomic E-state index is -0.681. The van der Waals surface area contributed by atoms with Gasteiger partial charge in [0.2, 0.25) is 5.91 Å². The van der Waals surface area contributed by atoms with Crippen molar-refractivity contribution in [2.75, 3.05) is 5.75 Å². The Kier molecular flexibility index (Phi) is 3.12. The number of oxazole rings is 1. The maximum absolute atomic E-state index is 10.7. The van der Waals surface area contributed by atoms with Crippen LogP contribution in [-0.2, 0) is 4.79 Å². The number of carbonyl (C=O) groups is 1. The maximum Gasteiger partial charge on any atom is 0.256 e. The smallest absolute Gasteiger partial charge is 0.256 e. The van der Waals surface area contributed by atoms with Crippen molar-refractivity contribution in [3.8, 4) is 0 Å². The summed E-state index contributed by atoms with van der Waals surface area (Å²) in [6, 6.07) is 6.77. The Morgan fingerprint density at radius 2 is 2.25 bits per heavy atom. The van der Waals surface area contributed by atoms with Gasteiger partial charge in [-0.3, -0.25) is 4.79 Å². The summed E-state index contributed by atoms with van der Waals surface area (Å²) in [7, 11) is 0. The van der Waals surface area contributed by atoms with Crippen LogP contribution in [0.25, 0.3) is 11.1 Å². The van der Waals surface area contributed by atoms with Gasteiger partial charge in [0.05, 0.1) is 6.04 Å². The lowest BCUT2D eigenvalue weighted by Crippen LogP contribution is -2.38. The molecule has 1 heterocycles. The molecule has 0 bridgehead atoms. The molecule has 0 aliphatic heterocycles. The van der Waals surface area contributed by atoms with Crippen molar-refractivity contribution in [1.82, 2.24) is 4.98 Å². The molecule has 2 aromatic rings. The van der Waals surface area contributed by atoms with E-state index < -0.39 is 11.9 Å². The molecule has 6 heteroatoms. The quantitative estimate of drug-likeness (QED) is 0.764. The molecule has 2 rings (SSSR count). The summed E-state index contributed by atoms with van der Waals surface area (Å²) in [6.45, 7) is 0. The number of amides is 1. The van der Waals surface area contributed by atoms with Gasteiger partial charge in [0.1, 0.15) is 5.52 Å². The summed E-state index contributed by atoms with van der Waals surface area (Å²) in [5.41, 5.74) is 12.1. The molecule has 84 valence electrons. The zero-order chi connectivity index (χ0) is 11.5. The fraction of sp³-hybridized carbons (Fsp3) is 0.200. The van der Waals surface area contributed by atoms with Crippen LogP contribution in [0.4, 0.5) is 0 Å². The molecule has 0 aliphatic carbocycles. The van der Waals surface area contributed by atoms with Crippen molar-refractivity contribution in [2.45, 2.75) is 11.3 Å². The topological polar surface area (TPSA) is 95.1 Å². The molecule has 0 radical (unpaired) electrons. The lowest BCUT2D eigenvalue weighted by Gasteiger charge is -2.03. The van der Waals surface area contributed by atoms with Gasteiger partial charge in [-0.15, -0.1) is 0 Å². The Balaban J connectivity index is 2.07. The average Bonchev–Trinajstić information content (AvgIpc) is 2.68. The number of primary amides is 1. The monoisotopic (exact) mass is 237 g/mol. The van der Waals surface area contributed by atoms with E-state index in [4.69, 9.17) is 15.9 Å². The standard InChI is InChI=1S/C10H11N3O2S/c11-6(9(12)14)5-16-10-13-7-3-1-2-4-8(7)15-10/h1-4,6H,5,11H2,(H2,12,14). The molecule has 0 spiro atoms. The SMILES string of the molecule is NC(=O)C(N)CSc1nc2ccccc2o1. The van der Waals surface area contributed by atoms with Crippen LogP contribution in [0.15, 0.2) is 33.9 Å². The van der Waals surface area contributed by atoms with Gasteiger partial charge in [-0.1, -0.05) is 23.9 Å². The molecule has 1 atom stereocenters. The van der Waals surface area contributed by atoms with E-state index in [-0.39, 0.29) is 0 Å². The van der Waals surface area contributed by atoms with Crippen LogP contribution in [0.1, 0.15) is 0 Å². The van der Waals surface area contributed by atoms with E-state index in [1.165, 1.54) is 11.8 Å². The highest BCUT2D eigenvalue weighted by Crippen LogP contribution is 2.23. The number of para-hydroxylation sites is 2. The molecule has 1 unspecified atom stereocenters. The van der Waals surface area contributed by atoms with Crippen molar-refractivity contribution >= 4 is 28.8 Å². The number of nitrogens with zero attached hydrogens (tertiary/aromatic N) is 1. The number of hydrogen-bond donors (Lipinski definition) is 2. The van der Waals surface area contributed by atoms with E-state index in [1.54, 1.807) is 0 Å². The molecule has 0 saturated heterocycles. The Morgan fingerprint density at radius 3 is 2.94 bits per heavy atom. The summed E-state index contributed by atoms with van der Waals surface area (Å²) >= 11 is 1.28. The van der Waals surface area contributed by atoms with Gasteiger partial charge in [-0.05, 0) is 12.1 Å². The van der Waals surface area contributed by atoms with E-state index in [9.17, 15) is 4.79 Å². The first kappa shape index (κ1) is 11.0. The molecule has 1 aromatic heterocycles. The first-order valence-electron chi connectivity index (χ1n) is 4.70. The van der Waals surface area contributed by atoms with E-state index in [1.807, 2.05) is 24.3 Å². The van der Waals surface area contributed by atoms with E-state index in [0.717, 1.165) is 11.1 Å². The normalized spacial score (nSPS) is 12.8. The van der Waals surface area contributed by atoms with E-state index >= 15 is 0 Å².